The van der Waals surface area contributed by atoms with Gasteiger partial charge in [-0.3, -0.25) is 0 Å². The molecular formula is C20H20BrNO. The molecule has 23 heavy (non-hydrogen) atoms. The Kier molecular flexibility index (Phi) is 3.49. The second kappa shape index (κ2) is 5.41. The summed E-state index contributed by atoms with van der Waals surface area (Å²) in [6.45, 7) is 4.34. The molecule has 2 aromatic rings. The maximum Gasteiger partial charge on any atom is 0.120 e. The molecule has 2 aliphatic rings. The van der Waals surface area contributed by atoms with E-state index >= 15 is 0 Å². The molecule has 3 unspecified atom stereocenters. The van der Waals surface area contributed by atoms with Crippen LogP contribution in [0.15, 0.2) is 47.0 Å². The fourth-order valence-corrected chi connectivity index (χ4v) is 4.60. The summed E-state index contributed by atoms with van der Waals surface area (Å²) in [6, 6.07) is 10.3. The molecule has 0 radical (unpaired) electrons. The highest BCUT2D eigenvalue weighted by Gasteiger charge is 2.39. The monoisotopic (exact) mass is 369 g/mol. The van der Waals surface area contributed by atoms with E-state index in [9.17, 15) is 5.11 Å². The van der Waals surface area contributed by atoms with Gasteiger partial charge in [0, 0.05) is 21.6 Å². The average Bonchev–Trinajstić information content (AvgIpc) is 2.97. The Bertz CT molecular complexity index is 812. The first kappa shape index (κ1) is 14.8. The molecule has 1 aliphatic carbocycles. The fourth-order valence-electron chi connectivity index (χ4n) is 4.22. The number of rotatable bonds is 1. The molecule has 3 heteroatoms. The molecule has 0 bridgehead atoms. The highest BCUT2D eigenvalue weighted by molar-refractivity contribution is 9.10. The second-order valence-electron chi connectivity index (χ2n) is 6.72. The lowest BCUT2D eigenvalue weighted by Crippen LogP contribution is -2.29. The average molecular weight is 370 g/mol. The van der Waals surface area contributed by atoms with Gasteiger partial charge in [-0.15, -0.1) is 0 Å². The fraction of sp³-hybridized carbons (Fsp3) is 0.300. The van der Waals surface area contributed by atoms with Gasteiger partial charge in [0.15, 0.2) is 0 Å². The summed E-state index contributed by atoms with van der Waals surface area (Å²) in [5.41, 5.74) is 6.22. The van der Waals surface area contributed by atoms with Crippen molar-refractivity contribution in [2.24, 2.45) is 5.92 Å². The summed E-state index contributed by atoms with van der Waals surface area (Å²) in [4.78, 5) is 0. The zero-order valence-electron chi connectivity index (χ0n) is 13.3. The molecule has 2 aromatic carbocycles. The summed E-state index contributed by atoms with van der Waals surface area (Å²) >= 11 is 3.54. The maximum absolute atomic E-state index is 10.4. The van der Waals surface area contributed by atoms with Crippen molar-refractivity contribution in [2.45, 2.75) is 32.2 Å². The molecule has 2 nitrogen and oxygen atoms in total. The standard InChI is InChI=1S/C20H20BrNO/c1-11-8-12(2)19-14-4-3-5-15(14)20(22-17(19)9-11)16-10-13(21)6-7-18(16)23/h3-4,6-10,14-15,20,22-23H,5H2,1-2H3. The van der Waals surface area contributed by atoms with Crippen LogP contribution in [0.1, 0.15) is 40.6 Å². The topological polar surface area (TPSA) is 32.3 Å². The van der Waals surface area contributed by atoms with Crippen molar-refractivity contribution < 1.29 is 5.11 Å². The van der Waals surface area contributed by atoms with Gasteiger partial charge in [0.05, 0.1) is 6.04 Å². The van der Waals surface area contributed by atoms with E-state index in [2.05, 4.69) is 59.4 Å². The summed E-state index contributed by atoms with van der Waals surface area (Å²) < 4.78 is 1.00. The third-order valence-electron chi connectivity index (χ3n) is 5.14. The van der Waals surface area contributed by atoms with Crippen molar-refractivity contribution in [1.29, 1.82) is 0 Å². The molecular weight excluding hydrogens is 350 g/mol. The van der Waals surface area contributed by atoms with E-state index in [1.54, 1.807) is 6.07 Å². The van der Waals surface area contributed by atoms with Gasteiger partial charge in [-0.2, -0.15) is 0 Å². The maximum atomic E-state index is 10.4. The van der Waals surface area contributed by atoms with Crippen molar-refractivity contribution in [3.05, 3.63) is 69.2 Å². The van der Waals surface area contributed by atoms with Crippen LogP contribution in [-0.2, 0) is 0 Å². The van der Waals surface area contributed by atoms with Crippen LogP contribution in [0.25, 0.3) is 0 Å². The van der Waals surface area contributed by atoms with Crippen LogP contribution in [-0.4, -0.2) is 5.11 Å². The predicted molar refractivity (Wildman–Crippen MR) is 98.1 cm³/mol. The van der Waals surface area contributed by atoms with E-state index in [1.165, 1.54) is 22.4 Å². The number of halogens is 1. The molecule has 0 saturated carbocycles. The molecule has 0 fully saturated rings. The molecule has 0 amide bonds. The summed E-state index contributed by atoms with van der Waals surface area (Å²) in [6.07, 6.45) is 5.67. The number of hydrogen-bond acceptors (Lipinski definition) is 2. The van der Waals surface area contributed by atoms with Crippen LogP contribution >= 0.6 is 15.9 Å². The number of anilines is 1. The van der Waals surface area contributed by atoms with Gasteiger partial charge < -0.3 is 10.4 Å². The molecule has 3 atom stereocenters. The number of phenols is 1. The van der Waals surface area contributed by atoms with Gasteiger partial charge >= 0.3 is 0 Å². The van der Waals surface area contributed by atoms with Crippen molar-refractivity contribution in [2.75, 3.05) is 5.32 Å². The van der Waals surface area contributed by atoms with E-state index in [1.807, 2.05) is 12.1 Å². The smallest absolute Gasteiger partial charge is 0.120 e. The summed E-state index contributed by atoms with van der Waals surface area (Å²) in [5.74, 6) is 1.24. The summed E-state index contributed by atoms with van der Waals surface area (Å²) in [7, 11) is 0. The molecule has 4 rings (SSSR count). The molecule has 118 valence electrons. The van der Waals surface area contributed by atoms with Gasteiger partial charge in [-0.1, -0.05) is 34.1 Å². The van der Waals surface area contributed by atoms with Crippen LogP contribution in [0.3, 0.4) is 0 Å². The minimum absolute atomic E-state index is 0.126. The third kappa shape index (κ3) is 2.38. The minimum atomic E-state index is 0.126. The predicted octanol–water partition coefficient (Wildman–Crippen LogP) is 5.60. The van der Waals surface area contributed by atoms with Crippen LogP contribution < -0.4 is 5.32 Å². The van der Waals surface area contributed by atoms with Crippen molar-refractivity contribution in [1.82, 2.24) is 0 Å². The molecule has 0 spiro atoms. The Morgan fingerprint density at radius 1 is 1.17 bits per heavy atom. The Hall–Kier alpha value is -1.74. The molecule has 0 aromatic heterocycles. The van der Waals surface area contributed by atoms with Crippen LogP contribution in [0.4, 0.5) is 5.69 Å². The Balaban J connectivity index is 1.86. The van der Waals surface area contributed by atoms with E-state index in [4.69, 9.17) is 0 Å². The molecule has 2 N–H and O–H groups in total. The van der Waals surface area contributed by atoms with Crippen LogP contribution in [0, 0.1) is 19.8 Å². The SMILES string of the molecule is Cc1cc(C)c2c(c1)NC(c1cc(Br)ccc1O)C1CC=CC21. The minimum Gasteiger partial charge on any atom is -0.508 e. The Morgan fingerprint density at radius 2 is 2.00 bits per heavy atom. The third-order valence-corrected chi connectivity index (χ3v) is 5.63. The van der Waals surface area contributed by atoms with Crippen molar-refractivity contribution >= 4 is 21.6 Å². The molecule has 0 saturated heterocycles. The number of benzene rings is 2. The van der Waals surface area contributed by atoms with E-state index in [0.717, 1.165) is 16.5 Å². The first-order valence-electron chi connectivity index (χ1n) is 8.07. The zero-order valence-corrected chi connectivity index (χ0v) is 14.9. The van der Waals surface area contributed by atoms with E-state index in [0.29, 0.717) is 17.6 Å². The number of allylic oxidation sites excluding steroid dienone is 2. The summed E-state index contributed by atoms with van der Waals surface area (Å²) in [5, 5.41) is 14.1. The van der Waals surface area contributed by atoms with Gasteiger partial charge in [-0.25, -0.2) is 0 Å². The number of aryl methyl sites for hydroxylation is 2. The van der Waals surface area contributed by atoms with Crippen molar-refractivity contribution in [3.63, 3.8) is 0 Å². The lowest BCUT2D eigenvalue weighted by molar-refractivity contribution is 0.401. The number of aromatic hydroxyl groups is 1. The van der Waals surface area contributed by atoms with Crippen LogP contribution in [0.5, 0.6) is 5.75 Å². The van der Waals surface area contributed by atoms with Gasteiger partial charge in [-0.05, 0) is 67.1 Å². The Labute approximate surface area is 145 Å². The van der Waals surface area contributed by atoms with Gasteiger partial charge in [0.2, 0.25) is 0 Å². The van der Waals surface area contributed by atoms with E-state index < -0.39 is 0 Å². The second-order valence-corrected chi connectivity index (χ2v) is 7.64. The van der Waals surface area contributed by atoms with Gasteiger partial charge in [0.25, 0.3) is 0 Å². The van der Waals surface area contributed by atoms with E-state index in [-0.39, 0.29) is 6.04 Å². The first-order chi connectivity index (χ1) is 11.0. The van der Waals surface area contributed by atoms with Crippen LogP contribution in [0.2, 0.25) is 0 Å². The lowest BCUT2D eigenvalue weighted by Gasteiger charge is -2.38. The highest BCUT2D eigenvalue weighted by atomic mass is 79.9. The largest absolute Gasteiger partial charge is 0.508 e. The first-order valence-corrected chi connectivity index (χ1v) is 8.86. The molecule has 1 aliphatic heterocycles. The highest BCUT2D eigenvalue weighted by Crippen LogP contribution is 2.52. The van der Waals surface area contributed by atoms with Crippen molar-refractivity contribution in [3.8, 4) is 5.75 Å². The number of hydrogen-bond donors (Lipinski definition) is 2. The number of nitrogens with one attached hydrogen (secondary N) is 1. The quantitative estimate of drug-likeness (QED) is 0.641. The normalized spacial score (nSPS) is 24.9. The molecule has 1 heterocycles. The number of phenolic OH excluding ortho intramolecular Hbond substituents is 1. The zero-order chi connectivity index (χ0) is 16.1. The number of fused-ring (bicyclic) bond motifs is 3. The lowest BCUT2D eigenvalue weighted by atomic mass is 9.75. The Morgan fingerprint density at radius 3 is 2.83 bits per heavy atom. The van der Waals surface area contributed by atoms with Gasteiger partial charge in [0.1, 0.15) is 5.75 Å².